The Bertz CT molecular complexity index is 1520. The number of benzene rings is 2. The lowest BCUT2D eigenvalue weighted by molar-refractivity contribution is -0.139. The normalized spacial score (nSPS) is 15.2. The van der Waals surface area contributed by atoms with Crippen LogP contribution in [-0.2, 0) is 9.53 Å². The lowest BCUT2D eigenvalue weighted by atomic mass is 9.96. The minimum Gasteiger partial charge on any atom is -0.497 e. The van der Waals surface area contributed by atoms with E-state index in [0.29, 0.717) is 49.3 Å². The number of halogens is 1. The quantitative estimate of drug-likeness (QED) is 0.328. The molecule has 9 heteroatoms. The van der Waals surface area contributed by atoms with Gasteiger partial charge >= 0.3 is 5.97 Å². The molecule has 7 nitrogen and oxygen atoms in total. The third kappa shape index (κ3) is 5.01. The van der Waals surface area contributed by atoms with Crippen molar-refractivity contribution < 1.29 is 19.0 Å². The van der Waals surface area contributed by atoms with Gasteiger partial charge in [0.1, 0.15) is 18.1 Å². The number of thiazole rings is 1. The monoisotopic (exact) mass is 524 g/mol. The highest BCUT2D eigenvalue weighted by Gasteiger charge is 2.33. The summed E-state index contributed by atoms with van der Waals surface area (Å²) >= 11 is 7.46. The number of hydrogen-bond acceptors (Lipinski definition) is 7. The van der Waals surface area contributed by atoms with Gasteiger partial charge in [-0.1, -0.05) is 47.7 Å². The minimum absolute atomic E-state index is 0.206. The Kier molecular flexibility index (Phi) is 7.76. The van der Waals surface area contributed by atoms with Crippen molar-refractivity contribution in [2.45, 2.75) is 19.9 Å². The third-order valence-corrected chi connectivity index (χ3v) is 6.78. The number of allylic oxidation sites excluding steroid dienone is 1. The molecule has 0 aliphatic carbocycles. The molecule has 0 fully saturated rings. The molecule has 186 valence electrons. The first kappa shape index (κ1) is 25.5. The van der Waals surface area contributed by atoms with E-state index in [1.54, 1.807) is 63.4 Å². The number of ether oxygens (including phenoxy) is 3. The molecule has 0 spiro atoms. The molecule has 0 N–H and O–H groups in total. The van der Waals surface area contributed by atoms with Gasteiger partial charge < -0.3 is 14.2 Å². The summed E-state index contributed by atoms with van der Waals surface area (Å²) in [6, 6.07) is 11.7. The smallest absolute Gasteiger partial charge is 0.338 e. The molecule has 3 aromatic rings. The summed E-state index contributed by atoms with van der Waals surface area (Å²) in [5.74, 6) is 0.724. The largest absolute Gasteiger partial charge is 0.497 e. The van der Waals surface area contributed by atoms with Gasteiger partial charge in [0.2, 0.25) is 0 Å². The molecule has 0 saturated heterocycles. The Morgan fingerprint density at radius 3 is 2.67 bits per heavy atom. The molecule has 1 unspecified atom stereocenters. The van der Waals surface area contributed by atoms with Crippen molar-refractivity contribution in [3.8, 4) is 11.5 Å². The van der Waals surface area contributed by atoms with E-state index in [9.17, 15) is 9.59 Å². The molecule has 4 rings (SSSR count). The van der Waals surface area contributed by atoms with E-state index in [2.05, 4.69) is 11.6 Å². The molecule has 36 heavy (non-hydrogen) atoms. The molecule has 1 aliphatic rings. The summed E-state index contributed by atoms with van der Waals surface area (Å²) < 4.78 is 18.3. The maximum Gasteiger partial charge on any atom is 0.338 e. The van der Waals surface area contributed by atoms with E-state index < -0.39 is 12.0 Å². The first-order valence-electron chi connectivity index (χ1n) is 11.2. The number of rotatable bonds is 8. The van der Waals surface area contributed by atoms with E-state index >= 15 is 0 Å². The van der Waals surface area contributed by atoms with Crippen LogP contribution < -0.4 is 24.4 Å². The summed E-state index contributed by atoms with van der Waals surface area (Å²) in [6.07, 6.45) is 3.36. The summed E-state index contributed by atoms with van der Waals surface area (Å²) in [7, 11) is 1.58. The van der Waals surface area contributed by atoms with E-state index in [0.717, 1.165) is 5.56 Å². The molecular formula is C27H25ClN2O5S. The maximum absolute atomic E-state index is 13.8. The molecule has 0 saturated carbocycles. The summed E-state index contributed by atoms with van der Waals surface area (Å²) in [4.78, 5) is 31.8. The van der Waals surface area contributed by atoms with Crippen LogP contribution in [0, 0.1) is 0 Å². The third-order valence-electron chi connectivity index (χ3n) is 5.56. The van der Waals surface area contributed by atoms with Crippen molar-refractivity contribution in [1.29, 1.82) is 0 Å². The van der Waals surface area contributed by atoms with E-state index in [1.807, 2.05) is 12.1 Å². The summed E-state index contributed by atoms with van der Waals surface area (Å²) in [5.41, 5.74) is 1.91. The number of methoxy groups -OCH3 is 1. The Balaban J connectivity index is 1.93. The van der Waals surface area contributed by atoms with Crippen molar-refractivity contribution in [3.63, 3.8) is 0 Å². The van der Waals surface area contributed by atoms with Crippen LogP contribution in [0.4, 0.5) is 0 Å². The molecular weight excluding hydrogens is 500 g/mol. The highest BCUT2D eigenvalue weighted by Crippen LogP contribution is 2.31. The van der Waals surface area contributed by atoms with Gasteiger partial charge in [-0.25, -0.2) is 9.79 Å². The lowest BCUT2D eigenvalue weighted by Gasteiger charge is -2.24. The van der Waals surface area contributed by atoms with Crippen LogP contribution in [0.25, 0.3) is 6.08 Å². The molecule has 1 aromatic heterocycles. The molecule has 0 radical (unpaired) electrons. The number of carbonyl (C=O) groups excluding carboxylic acids is 1. The van der Waals surface area contributed by atoms with Crippen molar-refractivity contribution in [1.82, 2.24) is 4.57 Å². The highest BCUT2D eigenvalue weighted by atomic mass is 35.5. The van der Waals surface area contributed by atoms with Crippen LogP contribution in [-0.4, -0.2) is 30.9 Å². The van der Waals surface area contributed by atoms with Crippen molar-refractivity contribution >= 4 is 35.0 Å². The fraction of sp³-hybridized carbons (Fsp3) is 0.222. The standard InChI is InChI=1S/C27H25ClN2O5S/c1-5-13-35-21-12-9-19(28)14-18(21)15-22-25(31)30-24(17-7-10-20(33-4)11-8-17)23(26(32)34-6-2)16(3)29-27(30)36-22/h5,7-12,14-15,24H,1,6,13H2,2-4H3. The molecule has 2 heterocycles. The number of carbonyl (C=O) groups is 1. The van der Waals surface area contributed by atoms with Crippen LogP contribution in [0.5, 0.6) is 11.5 Å². The van der Waals surface area contributed by atoms with Crippen LogP contribution in [0.3, 0.4) is 0 Å². The zero-order valence-electron chi connectivity index (χ0n) is 20.1. The maximum atomic E-state index is 13.8. The van der Waals surface area contributed by atoms with Crippen molar-refractivity contribution in [2.75, 3.05) is 20.3 Å². The molecule has 0 bridgehead atoms. The lowest BCUT2D eigenvalue weighted by Crippen LogP contribution is -2.39. The Labute approximate surface area is 217 Å². The fourth-order valence-corrected chi connectivity index (χ4v) is 5.16. The van der Waals surface area contributed by atoms with Gasteiger partial charge in [0, 0.05) is 10.6 Å². The van der Waals surface area contributed by atoms with Crippen LogP contribution in [0.15, 0.2) is 76.2 Å². The van der Waals surface area contributed by atoms with Crippen molar-refractivity contribution in [3.05, 3.63) is 102 Å². The van der Waals surface area contributed by atoms with Gasteiger partial charge in [0.15, 0.2) is 4.80 Å². The molecule has 1 aliphatic heterocycles. The number of fused-ring (bicyclic) bond motifs is 1. The Morgan fingerprint density at radius 2 is 2.00 bits per heavy atom. The topological polar surface area (TPSA) is 79.1 Å². The number of nitrogens with zero attached hydrogens (tertiary/aromatic N) is 2. The van der Waals surface area contributed by atoms with Gasteiger partial charge in [-0.2, -0.15) is 0 Å². The minimum atomic E-state index is -0.704. The van der Waals surface area contributed by atoms with Gasteiger partial charge in [0.25, 0.3) is 5.56 Å². The Hall–Kier alpha value is -3.62. The second kappa shape index (κ2) is 11.0. The van der Waals surface area contributed by atoms with E-state index in [1.165, 1.54) is 15.9 Å². The number of hydrogen-bond donors (Lipinski definition) is 0. The average molecular weight is 525 g/mol. The fourth-order valence-electron chi connectivity index (χ4n) is 3.95. The summed E-state index contributed by atoms with van der Waals surface area (Å²) in [6.45, 7) is 7.68. The molecule has 2 aromatic carbocycles. The zero-order chi connectivity index (χ0) is 25.8. The second-order valence-corrected chi connectivity index (χ2v) is 9.30. The van der Waals surface area contributed by atoms with E-state index in [-0.39, 0.29) is 12.2 Å². The first-order valence-corrected chi connectivity index (χ1v) is 12.4. The predicted octanol–water partition coefficient (Wildman–Crippen LogP) is 4.03. The SMILES string of the molecule is C=CCOc1ccc(Cl)cc1C=c1sc2n(c1=O)C(c1ccc(OC)cc1)C(C(=O)OCC)=C(C)N=2. The highest BCUT2D eigenvalue weighted by molar-refractivity contribution is 7.07. The van der Waals surface area contributed by atoms with Crippen LogP contribution >= 0.6 is 22.9 Å². The number of aromatic nitrogens is 1. The summed E-state index contributed by atoms with van der Waals surface area (Å²) in [5, 5.41) is 0.511. The predicted molar refractivity (Wildman–Crippen MR) is 141 cm³/mol. The van der Waals surface area contributed by atoms with Crippen molar-refractivity contribution in [2.24, 2.45) is 4.99 Å². The van der Waals surface area contributed by atoms with Crippen LogP contribution in [0.2, 0.25) is 5.02 Å². The number of esters is 1. The van der Waals surface area contributed by atoms with Gasteiger partial charge in [0.05, 0.1) is 35.6 Å². The van der Waals surface area contributed by atoms with Gasteiger partial charge in [-0.05, 0) is 55.8 Å². The Morgan fingerprint density at radius 1 is 1.25 bits per heavy atom. The zero-order valence-corrected chi connectivity index (χ0v) is 21.7. The van der Waals surface area contributed by atoms with E-state index in [4.69, 9.17) is 25.8 Å². The first-order chi connectivity index (χ1) is 17.4. The van der Waals surface area contributed by atoms with Gasteiger partial charge in [-0.3, -0.25) is 9.36 Å². The second-order valence-electron chi connectivity index (χ2n) is 7.86. The average Bonchev–Trinajstić information content (AvgIpc) is 3.17. The molecule has 0 amide bonds. The molecule has 1 atom stereocenters. The van der Waals surface area contributed by atoms with Crippen LogP contribution in [0.1, 0.15) is 31.0 Å². The van der Waals surface area contributed by atoms with Gasteiger partial charge in [-0.15, -0.1) is 0 Å².